The van der Waals surface area contributed by atoms with Crippen LogP contribution in [0.25, 0.3) is 0 Å². The first-order valence-electron chi connectivity index (χ1n) is 7.55. The van der Waals surface area contributed by atoms with Crippen LogP contribution in [0.4, 0.5) is 0 Å². The average molecular weight is 357 g/mol. The Kier molecular flexibility index (Phi) is 7.20. The monoisotopic (exact) mass is 357 g/mol. The van der Waals surface area contributed by atoms with E-state index in [-0.39, 0.29) is 0 Å². The van der Waals surface area contributed by atoms with Gasteiger partial charge in [0, 0.05) is 10.5 Å². The zero-order valence-electron chi connectivity index (χ0n) is 14.0. The third kappa shape index (κ3) is 5.18. The molecular weight excluding hydrogens is 338 g/mol. The molecule has 0 aliphatic heterocycles. The van der Waals surface area contributed by atoms with Gasteiger partial charge in [0.1, 0.15) is 23.4 Å². The van der Waals surface area contributed by atoms with Crippen molar-refractivity contribution in [2.45, 2.75) is 17.1 Å². The fraction of sp³-hybridized carbons (Fsp3) is 0.211. The Morgan fingerprint density at radius 2 is 1.96 bits per heavy atom. The van der Waals surface area contributed by atoms with E-state index in [4.69, 9.17) is 14.7 Å². The predicted octanol–water partition coefficient (Wildman–Crippen LogP) is 3.44. The lowest BCUT2D eigenvalue weighted by molar-refractivity contribution is -0.128. The molecule has 2 aromatic rings. The fourth-order valence-corrected chi connectivity index (χ4v) is 3.19. The van der Waals surface area contributed by atoms with E-state index in [0.717, 1.165) is 4.90 Å². The number of carbonyl (C=O) groups is 1. The van der Waals surface area contributed by atoms with Crippen LogP contribution in [0.15, 0.2) is 53.4 Å². The Morgan fingerprint density at radius 3 is 2.60 bits per heavy atom. The molecule has 0 saturated carbocycles. The minimum atomic E-state index is -0.654. The molecule has 0 aliphatic rings. The van der Waals surface area contributed by atoms with Crippen molar-refractivity contribution in [1.29, 1.82) is 0 Å². The molecule has 0 spiro atoms. The highest BCUT2D eigenvalue weighted by molar-refractivity contribution is 8.00. The molecule has 1 amide bonds. The maximum absolute atomic E-state index is 12.1. The topological polar surface area (TPSA) is 67.8 Å². The second kappa shape index (κ2) is 9.62. The quantitative estimate of drug-likeness (QED) is 0.344. The van der Waals surface area contributed by atoms with E-state index in [1.54, 1.807) is 31.6 Å². The molecule has 25 heavy (non-hydrogen) atoms. The molecule has 0 heterocycles. The van der Waals surface area contributed by atoms with Gasteiger partial charge in [-0.05, 0) is 37.3 Å². The maximum Gasteiger partial charge on any atom is 0.261 e. The number of thioether (sulfide) groups is 1. The minimum Gasteiger partial charge on any atom is -0.496 e. The highest BCUT2D eigenvalue weighted by atomic mass is 32.2. The first-order chi connectivity index (χ1) is 12.2. The second-order valence-electron chi connectivity index (χ2n) is 4.90. The summed E-state index contributed by atoms with van der Waals surface area (Å²) in [7, 11) is 1.54. The van der Waals surface area contributed by atoms with Crippen LogP contribution in [0, 0.1) is 11.8 Å². The summed E-state index contributed by atoms with van der Waals surface area (Å²) < 4.78 is 10.8. The smallest absolute Gasteiger partial charge is 0.261 e. The van der Waals surface area contributed by atoms with E-state index in [2.05, 4.69) is 11.8 Å². The highest BCUT2D eigenvalue weighted by Crippen LogP contribution is 2.39. The first kappa shape index (κ1) is 18.7. The molecule has 6 heteroatoms. The van der Waals surface area contributed by atoms with Crippen LogP contribution in [0.1, 0.15) is 17.7 Å². The molecule has 130 valence electrons. The fourth-order valence-electron chi connectivity index (χ4n) is 2.14. The third-order valence-electron chi connectivity index (χ3n) is 3.34. The molecule has 0 saturated heterocycles. The van der Waals surface area contributed by atoms with Crippen LogP contribution < -0.4 is 15.0 Å². The predicted molar refractivity (Wildman–Crippen MR) is 96.9 cm³/mol. The van der Waals surface area contributed by atoms with Gasteiger partial charge >= 0.3 is 0 Å². The van der Waals surface area contributed by atoms with Crippen LogP contribution in [0.5, 0.6) is 11.5 Å². The van der Waals surface area contributed by atoms with Crippen molar-refractivity contribution < 1.29 is 19.5 Å². The van der Waals surface area contributed by atoms with E-state index < -0.39 is 11.2 Å². The number of rotatable bonds is 7. The Bertz CT molecular complexity index is 765. The molecule has 0 aromatic heterocycles. The normalized spacial score (nSPS) is 11.0. The Balaban J connectivity index is 2.19. The molecule has 2 rings (SSSR count). The third-order valence-corrected chi connectivity index (χ3v) is 4.58. The number of benzene rings is 2. The van der Waals surface area contributed by atoms with Gasteiger partial charge < -0.3 is 9.47 Å². The summed E-state index contributed by atoms with van der Waals surface area (Å²) in [4.78, 5) is 13.0. The van der Waals surface area contributed by atoms with Gasteiger partial charge in [-0.25, -0.2) is 5.48 Å². The van der Waals surface area contributed by atoms with Crippen LogP contribution >= 0.6 is 11.8 Å². The van der Waals surface area contributed by atoms with E-state index in [1.165, 1.54) is 11.8 Å². The van der Waals surface area contributed by atoms with Crippen molar-refractivity contribution in [3.05, 3.63) is 54.1 Å². The number of hydrogen-bond acceptors (Lipinski definition) is 5. The van der Waals surface area contributed by atoms with Crippen molar-refractivity contribution in [2.75, 3.05) is 13.7 Å². The molecule has 0 fully saturated rings. The van der Waals surface area contributed by atoms with Gasteiger partial charge in [0.05, 0.1) is 7.11 Å². The number of hydrogen-bond donors (Lipinski definition) is 2. The molecule has 0 bridgehead atoms. The summed E-state index contributed by atoms with van der Waals surface area (Å²) in [6.07, 6.45) is 0. The lowest BCUT2D eigenvalue weighted by Gasteiger charge is -2.17. The van der Waals surface area contributed by atoms with Gasteiger partial charge in [0.2, 0.25) is 0 Å². The molecule has 1 atom stereocenters. The van der Waals surface area contributed by atoms with Gasteiger partial charge in [-0.15, -0.1) is 17.7 Å². The molecule has 2 aromatic carbocycles. The van der Waals surface area contributed by atoms with Gasteiger partial charge in [0.25, 0.3) is 5.91 Å². The Labute approximate surface area is 151 Å². The van der Waals surface area contributed by atoms with Gasteiger partial charge in [-0.2, -0.15) is 0 Å². The summed E-state index contributed by atoms with van der Waals surface area (Å²) in [6, 6.07) is 14.6. The lowest BCUT2D eigenvalue weighted by Crippen LogP contribution is -2.24. The number of carbonyl (C=O) groups excluding carboxylic acids is 1. The van der Waals surface area contributed by atoms with Gasteiger partial charge in [0.15, 0.2) is 0 Å². The molecule has 2 N–H and O–H groups in total. The summed E-state index contributed by atoms with van der Waals surface area (Å²) in [5, 5.41) is 8.43. The molecule has 5 nitrogen and oxygen atoms in total. The SMILES string of the molecule is CC#CCOc1ccc(SC(C(=O)NO)c2ccccc2OC)cc1. The first-order valence-corrected chi connectivity index (χ1v) is 8.43. The van der Waals surface area contributed by atoms with E-state index in [0.29, 0.717) is 23.7 Å². The van der Waals surface area contributed by atoms with Crippen molar-refractivity contribution >= 4 is 17.7 Å². The highest BCUT2D eigenvalue weighted by Gasteiger charge is 2.24. The summed E-state index contributed by atoms with van der Waals surface area (Å²) in [6.45, 7) is 2.09. The average Bonchev–Trinajstić information content (AvgIpc) is 2.67. The standard InChI is InChI=1S/C19H19NO4S/c1-3-4-13-24-14-9-11-15(12-10-14)25-18(19(21)20-22)16-7-5-6-8-17(16)23-2/h5-12,18,22H,13H2,1-2H3,(H,20,21). The number of nitrogens with one attached hydrogen (secondary N) is 1. The number of ether oxygens (including phenoxy) is 2. The Morgan fingerprint density at radius 1 is 1.24 bits per heavy atom. The summed E-state index contributed by atoms with van der Waals surface area (Å²) in [5.74, 6) is 6.36. The molecule has 0 radical (unpaired) electrons. The molecular formula is C19H19NO4S. The van der Waals surface area contributed by atoms with Crippen molar-refractivity contribution in [3.8, 4) is 23.3 Å². The van der Waals surface area contributed by atoms with Gasteiger partial charge in [-0.1, -0.05) is 24.1 Å². The zero-order valence-corrected chi connectivity index (χ0v) is 14.8. The van der Waals surface area contributed by atoms with Crippen LogP contribution in [-0.2, 0) is 4.79 Å². The van der Waals surface area contributed by atoms with E-state index in [9.17, 15) is 4.79 Å². The van der Waals surface area contributed by atoms with E-state index in [1.807, 2.05) is 36.4 Å². The minimum absolute atomic E-state index is 0.333. The molecule has 1 unspecified atom stereocenters. The van der Waals surface area contributed by atoms with E-state index >= 15 is 0 Å². The van der Waals surface area contributed by atoms with Crippen molar-refractivity contribution in [3.63, 3.8) is 0 Å². The number of amides is 1. The van der Waals surface area contributed by atoms with Crippen LogP contribution in [0.2, 0.25) is 0 Å². The Hall–Kier alpha value is -2.62. The summed E-state index contributed by atoms with van der Waals surface area (Å²) >= 11 is 1.31. The number of methoxy groups -OCH3 is 1. The summed E-state index contributed by atoms with van der Waals surface area (Å²) in [5.41, 5.74) is 2.41. The number of hydroxylamine groups is 1. The second-order valence-corrected chi connectivity index (χ2v) is 6.08. The molecule has 0 aliphatic carbocycles. The van der Waals surface area contributed by atoms with Crippen molar-refractivity contribution in [1.82, 2.24) is 5.48 Å². The number of para-hydroxylation sites is 1. The largest absolute Gasteiger partial charge is 0.496 e. The van der Waals surface area contributed by atoms with Crippen molar-refractivity contribution in [2.24, 2.45) is 0 Å². The van der Waals surface area contributed by atoms with Crippen LogP contribution in [0.3, 0.4) is 0 Å². The maximum atomic E-state index is 12.1. The lowest BCUT2D eigenvalue weighted by atomic mass is 10.1. The van der Waals surface area contributed by atoms with Gasteiger partial charge in [-0.3, -0.25) is 10.0 Å². The van der Waals surface area contributed by atoms with Crippen LogP contribution in [-0.4, -0.2) is 24.8 Å². The zero-order chi connectivity index (χ0) is 18.1.